The van der Waals surface area contributed by atoms with Gasteiger partial charge in [0, 0.05) is 46.7 Å². The van der Waals surface area contributed by atoms with Crippen LogP contribution in [0.1, 0.15) is 121 Å². The zero-order valence-corrected chi connectivity index (χ0v) is 33.9. The Bertz CT molecular complexity index is 1790. The first-order chi connectivity index (χ1) is 26.0. The van der Waals surface area contributed by atoms with Gasteiger partial charge in [-0.2, -0.15) is 10.2 Å². The summed E-state index contributed by atoms with van der Waals surface area (Å²) in [7, 11) is 1.59. The summed E-state index contributed by atoms with van der Waals surface area (Å²) in [5.41, 5.74) is 8.15. The van der Waals surface area contributed by atoms with Crippen molar-refractivity contribution < 1.29 is 27.8 Å². The van der Waals surface area contributed by atoms with Crippen molar-refractivity contribution in [1.29, 1.82) is 5.26 Å². The van der Waals surface area contributed by atoms with Gasteiger partial charge in [-0.25, -0.2) is 8.78 Å². The molecule has 4 rings (SSSR count). The lowest BCUT2D eigenvalue weighted by Gasteiger charge is -2.13. The van der Waals surface area contributed by atoms with Crippen LogP contribution in [0.5, 0.6) is 0 Å². The number of aromatic nitrogens is 1. The SMILES string of the molecule is CCCCCCOF.Cc1c(F)ccc(F)c1-c1c(C(N)=O)cn(C)c1C(=O)c1ccc(CCCCCCCCBr)cc1.N#CCCc1cccc(Cl)c1. The van der Waals surface area contributed by atoms with Crippen LogP contribution in [0.3, 0.4) is 0 Å². The van der Waals surface area contributed by atoms with E-state index in [4.69, 9.17) is 22.6 Å². The van der Waals surface area contributed by atoms with Crippen molar-refractivity contribution >= 4 is 39.2 Å². The number of unbranched alkanes of at least 4 members (excludes halogenated alkanes) is 8. The summed E-state index contributed by atoms with van der Waals surface area (Å²) in [6, 6.07) is 19.0. The van der Waals surface area contributed by atoms with Crippen LogP contribution in [0.15, 0.2) is 66.9 Å². The molecule has 3 aromatic carbocycles. The molecule has 4 aromatic rings. The van der Waals surface area contributed by atoms with E-state index < -0.39 is 23.3 Å². The Kier molecular flexibility index (Phi) is 22.3. The molecule has 2 N–H and O–H groups in total. The molecular formula is C43H52BrClF3N3O3. The first kappa shape index (κ1) is 46.2. The predicted octanol–water partition coefficient (Wildman–Crippen LogP) is 12.2. The number of nitriles is 1. The Morgan fingerprint density at radius 3 is 2.13 bits per heavy atom. The number of alkyl halides is 1. The van der Waals surface area contributed by atoms with Gasteiger partial charge in [-0.15, -0.1) is 0 Å². The number of benzene rings is 3. The van der Waals surface area contributed by atoms with E-state index in [0.717, 1.165) is 65.7 Å². The third kappa shape index (κ3) is 15.4. The zero-order valence-electron chi connectivity index (χ0n) is 31.5. The van der Waals surface area contributed by atoms with Crippen molar-refractivity contribution in [2.75, 3.05) is 11.9 Å². The van der Waals surface area contributed by atoms with Crippen LogP contribution in [0.4, 0.5) is 13.3 Å². The lowest BCUT2D eigenvalue weighted by atomic mass is 9.92. The number of aryl methyl sites for hydroxylation is 3. The maximum absolute atomic E-state index is 14.9. The molecule has 1 amide bonds. The first-order valence-electron chi connectivity index (χ1n) is 18.5. The molecule has 54 heavy (non-hydrogen) atoms. The van der Waals surface area contributed by atoms with Crippen LogP contribution in [-0.4, -0.2) is 28.2 Å². The Labute approximate surface area is 331 Å². The highest BCUT2D eigenvalue weighted by Gasteiger charge is 2.28. The molecule has 0 spiro atoms. The molecule has 0 radical (unpaired) electrons. The van der Waals surface area contributed by atoms with Gasteiger partial charge >= 0.3 is 0 Å². The fourth-order valence-corrected chi connectivity index (χ4v) is 6.48. The van der Waals surface area contributed by atoms with Crippen LogP contribution in [0.2, 0.25) is 5.02 Å². The summed E-state index contributed by atoms with van der Waals surface area (Å²) in [6.07, 6.45) is 15.2. The van der Waals surface area contributed by atoms with Crippen molar-refractivity contribution in [3.63, 3.8) is 0 Å². The molecule has 292 valence electrons. The van der Waals surface area contributed by atoms with Gasteiger partial charge in [-0.1, -0.05) is 116 Å². The van der Waals surface area contributed by atoms with Gasteiger partial charge in [0.1, 0.15) is 11.6 Å². The van der Waals surface area contributed by atoms with Gasteiger partial charge in [-0.05, 0) is 84.5 Å². The number of ketones is 1. The lowest BCUT2D eigenvalue weighted by molar-refractivity contribution is -0.133. The van der Waals surface area contributed by atoms with Gasteiger partial charge in [0.15, 0.2) is 0 Å². The summed E-state index contributed by atoms with van der Waals surface area (Å²) < 4.78 is 41.5. The molecule has 0 bridgehead atoms. The van der Waals surface area contributed by atoms with Crippen LogP contribution in [0, 0.1) is 29.9 Å². The van der Waals surface area contributed by atoms with Gasteiger partial charge in [0.2, 0.25) is 5.78 Å². The van der Waals surface area contributed by atoms with E-state index in [0.29, 0.717) is 12.0 Å². The first-order valence-corrected chi connectivity index (χ1v) is 20.0. The van der Waals surface area contributed by atoms with E-state index in [2.05, 4.69) is 33.9 Å². The number of nitrogens with two attached hydrogens (primary N) is 1. The molecule has 0 aliphatic carbocycles. The third-order valence-corrected chi connectivity index (χ3v) is 9.61. The highest BCUT2D eigenvalue weighted by molar-refractivity contribution is 9.09. The molecule has 0 unspecified atom stereocenters. The fourth-order valence-electron chi connectivity index (χ4n) is 5.87. The number of halogens is 5. The van der Waals surface area contributed by atoms with Crippen LogP contribution >= 0.6 is 27.5 Å². The average molecular weight is 831 g/mol. The minimum Gasteiger partial charge on any atom is -0.366 e. The monoisotopic (exact) mass is 829 g/mol. The number of nitrogens with zero attached hydrogens (tertiary/aromatic N) is 2. The van der Waals surface area contributed by atoms with Crippen LogP contribution < -0.4 is 5.73 Å². The van der Waals surface area contributed by atoms with E-state index in [1.165, 1.54) is 62.6 Å². The predicted molar refractivity (Wildman–Crippen MR) is 216 cm³/mol. The van der Waals surface area contributed by atoms with Gasteiger partial charge in [0.25, 0.3) is 5.91 Å². The van der Waals surface area contributed by atoms with Crippen molar-refractivity contribution in [3.05, 3.63) is 117 Å². The molecule has 0 fully saturated rings. The van der Waals surface area contributed by atoms with Crippen molar-refractivity contribution in [1.82, 2.24) is 4.57 Å². The molecular weight excluding hydrogens is 779 g/mol. The number of rotatable bonds is 19. The quantitative estimate of drug-likeness (QED) is 0.0578. The Hall–Kier alpha value is -3.91. The molecule has 1 heterocycles. The van der Waals surface area contributed by atoms with Crippen molar-refractivity contribution in [3.8, 4) is 17.2 Å². The van der Waals surface area contributed by atoms with Crippen LogP contribution in [-0.2, 0) is 24.8 Å². The summed E-state index contributed by atoms with van der Waals surface area (Å²) >= 11 is 9.19. The highest BCUT2D eigenvalue weighted by Crippen LogP contribution is 2.36. The Morgan fingerprint density at radius 2 is 1.52 bits per heavy atom. The molecule has 0 aliphatic rings. The molecule has 1 aromatic heterocycles. The number of carbonyl (C=O) groups is 2. The second-order valence-electron chi connectivity index (χ2n) is 13.0. The highest BCUT2D eigenvalue weighted by atomic mass is 79.9. The average Bonchev–Trinajstić information content (AvgIpc) is 3.51. The number of amides is 1. The minimum absolute atomic E-state index is 0.00953. The Balaban J connectivity index is 0.000000432. The number of carbonyl (C=O) groups excluding carboxylic acids is 2. The van der Waals surface area contributed by atoms with E-state index in [1.54, 1.807) is 19.2 Å². The number of hydrogen-bond acceptors (Lipinski definition) is 4. The standard InChI is InChI=1S/C28H31BrF2N2O2.C9H8ClN.C6H13FO/c1-18-22(30)14-15-23(31)24(18)25-21(28(32)35)17-33(2)26(25)27(34)20-12-10-19(11-13-20)9-7-5-3-4-6-8-16-29;10-9-5-1-3-8(7-9)4-2-6-11;1-2-3-4-5-6-8-7/h10-15,17H,3-9,16H2,1-2H3,(H2,32,35);1,3,5,7H,2,4H2;2-6H2,1H3. The van der Waals surface area contributed by atoms with Crippen molar-refractivity contribution in [2.24, 2.45) is 12.8 Å². The third-order valence-electron chi connectivity index (χ3n) is 8.81. The van der Waals surface area contributed by atoms with E-state index >= 15 is 0 Å². The normalized spacial score (nSPS) is 10.5. The van der Waals surface area contributed by atoms with Gasteiger partial charge < -0.3 is 10.3 Å². The van der Waals surface area contributed by atoms with E-state index in [9.17, 15) is 22.9 Å². The fraction of sp³-hybridized carbons (Fsp3) is 0.419. The van der Waals surface area contributed by atoms with E-state index in [-0.39, 0.29) is 34.6 Å². The van der Waals surface area contributed by atoms with Gasteiger partial charge in [-0.3, -0.25) is 9.59 Å². The molecule has 6 nitrogen and oxygen atoms in total. The maximum Gasteiger partial charge on any atom is 0.250 e. The second-order valence-corrected chi connectivity index (χ2v) is 14.2. The number of primary amides is 1. The van der Waals surface area contributed by atoms with Crippen LogP contribution in [0.25, 0.3) is 11.1 Å². The summed E-state index contributed by atoms with van der Waals surface area (Å²) in [4.78, 5) is 29.0. The largest absolute Gasteiger partial charge is 0.366 e. The molecule has 0 saturated carbocycles. The Morgan fingerprint density at radius 1 is 0.870 bits per heavy atom. The maximum atomic E-state index is 14.9. The van der Waals surface area contributed by atoms with E-state index in [1.807, 2.05) is 36.4 Å². The molecule has 11 heteroatoms. The molecule has 0 aliphatic heterocycles. The smallest absolute Gasteiger partial charge is 0.250 e. The summed E-state index contributed by atoms with van der Waals surface area (Å²) in [5.74, 6) is -2.57. The summed E-state index contributed by atoms with van der Waals surface area (Å²) in [6.45, 7) is 3.80. The zero-order chi connectivity index (χ0) is 39.9. The number of hydrogen-bond donors (Lipinski definition) is 1. The lowest BCUT2D eigenvalue weighted by Crippen LogP contribution is -2.13. The minimum atomic E-state index is -0.819. The van der Waals surface area contributed by atoms with Crippen molar-refractivity contribution in [2.45, 2.75) is 97.3 Å². The summed E-state index contributed by atoms with van der Waals surface area (Å²) in [5, 5.41) is 10.1. The topological polar surface area (TPSA) is 98.1 Å². The second kappa shape index (κ2) is 26.0. The van der Waals surface area contributed by atoms with Gasteiger partial charge in [0.05, 0.1) is 23.9 Å². The molecule has 0 saturated heterocycles. The molecule has 0 atom stereocenters.